The molecule has 6 rings (SSSR count). The van der Waals surface area contributed by atoms with E-state index in [1.54, 1.807) is 17.6 Å². The molecule has 0 fully saturated rings. The van der Waals surface area contributed by atoms with E-state index in [-0.39, 0.29) is 39.3 Å². The van der Waals surface area contributed by atoms with Gasteiger partial charge in [-0.2, -0.15) is 0 Å². The predicted molar refractivity (Wildman–Crippen MR) is 233 cm³/mol. The summed E-state index contributed by atoms with van der Waals surface area (Å²) in [5, 5.41) is 27.7. The molecule has 61 heavy (non-hydrogen) atoms. The van der Waals surface area contributed by atoms with E-state index in [0.29, 0.717) is 22.6 Å². The van der Waals surface area contributed by atoms with Crippen LogP contribution in [-0.2, 0) is 47.4 Å². The van der Waals surface area contributed by atoms with Crippen molar-refractivity contribution in [2.75, 3.05) is 16.0 Å². The minimum Gasteiger partial charge on any atom is -0.344 e. The van der Waals surface area contributed by atoms with Gasteiger partial charge in [-0.05, 0) is 136 Å². The van der Waals surface area contributed by atoms with Crippen LogP contribution in [0.4, 0.5) is 17.1 Å². The lowest BCUT2D eigenvalue weighted by Crippen LogP contribution is -2.36. The van der Waals surface area contributed by atoms with E-state index in [0.717, 1.165) is 25.7 Å². The Labute approximate surface area is 356 Å². The summed E-state index contributed by atoms with van der Waals surface area (Å²) >= 11 is 0. The zero-order valence-electron chi connectivity index (χ0n) is 36.0. The highest BCUT2D eigenvalue weighted by molar-refractivity contribution is 6.43. The number of rotatable bonds is 7. The predicted octanol–water partition coefficient (Wildman–Crippen LogP) is 7.14. The normalized spacial score (nSPS) is 16.1. The molecule has 8 N–H and O–H groups in total. The molecule has 322 valence electrons. The van der Waals surface area contributed by atoms with Gasteiger partial charge in [0.05, 0.1) is 0 Å². The van der Waals surface area contributed by atoms with Crippen molar-refractivity contribution < 1.29 is 39.2 Å². The zero-order valence-corrected chi connectivity index (χ0v) is 36.0. The molecule has 0 unspecified atom stereocenters. The molecule has 0 saturated heterocycles. The first-order valence-corrected chi connectivity index (χ1v) is 20.2. The number of carbonyl (C=O) groups is 6. The molecule has 0 radical (unpaired) electrons. The van der Waals surface area contributed by atoms with Crippen LogP contribution >= 0.6 is 0 Å². The first-order valence-electron chi connectivity index (χ1n) is 20.2. The number of amides is 6. The van der Waals surface area contributed by atoms with Gasteiger partial charge in [0.1, 0.15) is 0 Å². The van der Waals surface area contributed by atoms with E-state index in [1.807, 2.05) is 36.4 Å². The molecule has 14 nitrogen and oxygen atoms in total. The van der Waals surface area contributed by atoms with Crippen molar-refractivity contribution in [3.05, 3.63) is 124 Å². The van der Waals surface area contributed by atoms with Gasteiger partial charge in [-0.25, -0.2) is 11.0 Å². The molecule has 0 saturated carbocycles. The standard InChI is InChI=1S/C24H29N3O4.C23H27N3O4/c1-23(2)11-12-24(3,4)19-13-17(9-10-18(19)23)26-22(30)21(29)25-14-15-5-7-16(8-6-15)20(28)27-31;1-22(2)11-12-23(3,4)18-13-16(9-10-17(18)22)25-21(29)20(28)24-15-7-5-14(6-8-15)19(27)26-30/h5-10,13,31H,11-12,14H2,1-4H3,(H,25,29)(H,26,30)(H,27,28);5-10,13,30H,11-12H2,1-4H3,(H,24,28)(H,25,29)(H,26,27). The summed E-state index contributed by atoms with van der Waals surface area (Å²) in [6, 6.07) is 23.8. The van der Waals surface area contributed by atoms with Crippen LogP contribution in [-0.4, -0.2) is 45.9 Å². The summed E-state index contributed by atoms with van der Waals surface area (Å²) in [6.45, 7) is 17.8. The number of hydrogen-bond donors (Lipinski definition) is 8. The lowest BCUT2D eigenvalue weighted by Gasteiger charge is -2.42. The van der Waals surface area contributed by atoms with Gasteiger partial charge in [0, 0.05) is 34.7 Å². The average Bonchev–Trinajstić information content (AvgIpc) is 3.23. The fourth-order valence-electron chi connectivity index (χ4n) is 7.77. The van der Waals surface area contributed by atoms with Crippen molar-refractivity contribution in [3.63, 3.8) is 0 Å². The molecule has 2 aliphatic rings. The number of carbonyl (C=O) groups excluding carboxylic acids is 6. The Bertz CT molecular complexity index is 2330. The van der Waals surface area contributed by atoms with Crippen molar-refractivity contribution in [1.29, 1.82) is 0 Å². The second-order valence-electron chi connectivity index (χ2n) is 18.3. The van der Waals surface area contributed by atoms with E-state index < -0.39 is 35.4 Å². The fourth-order valence-corrected chi connectivity index (χ4v) is 7.77. The van der Waals surface area contributed by atoms with Gasteiger partial charge < -0.3 is 21.3 Å². The van der Waals surface area contributed by atoms with Crippen LogP contribution in [0.15, 0.2) is 84.9 Å². The summed E-state index contributed by atoms with van der Waals surface area (Å²) in [4.78, 5) is 71.9. The lowest BCUT2D eigenvalue weighted by molar-refractivity contribution is -0.136. The molecule has 6 amide bonds. The van der Waals surface area contributed by atoms with Crippen LogP contribution in [0.5, 0.6) is 0 Å². The van der Waals surface area contributed by atoms with Gasteiger partial charge >= 0.3 is 23.6 Å². The largest absolute Gasteiger partial charge is 0.344 e. The van der Waals surface area contributed by atoms with Crippen LogP contribution in [0, 0.1) is 0 Å². The van der Waals surface area contributed by atoms with E-state index in [9.17, 15) is 28.8 Å². The fraction of sp³-hybridized carbons (Fsp3) is 0.362. The maximum Gasteiger partial charge on any atom is 0.314 e. The third kappa shape index (κ3) is 10.9. The maximum absolute atomic E-state index is 12.4. The third-order valence-corrected chi connectivity index (χ3v) is 11.9. The van der Waals surface area contributed by atoms with Gasteiger partial charge in [0.2, 0.25) is 0 Å². The van der Waals surface area contributed by atoms with Crippen molar-refractivity contribution in [1.82, 2.24) is 16.3 Å². The van der Waals surface area contributed by atoms with Crippen molar-refractivity contribution in [3.8, 4) is 0 Å². The van der Waals surface area contributed by atoms with E-state index in [1.165, 1.54) is 64.1 Å². The quantitative estimate of drug-likeness (QED) is 0.0543. The monoisotopic (exact) mass is 832 g/mol. The van der Waals surface area contributed by atoms with Crippen molar-refractivity contribution in [2.45, 2.75) is 109 Å². The molecule has 0 atom stereocenters. The molecule has 0 spiro atoms. The summed E-state index contributed by atoms with van der Waals surface area (Å²) in [7, 11) is 0. The van der Waals surface area contributed by atoms with E-state index in [4.69, 9.17) is 10.4 Å². The van der Waals surface area contributed by atoms with Crippen LogP contribution < -0.4 is 32.2 Å². The second-order valence-corrected chi connectivity index (χ2v) is 18.3. The number of nitrogens with one attached hydrogen (secondary N) is 6. The Morgan fingerprint density at radius 3 is 1.16 bits per heavy atom. The Kier molecular flexibility index (Phi) is 13.5. The molecule has 4 aromatic carbocycles. The molecular weight excluding hydrogens is 777 g/mol. The molecule has 0 aromatic heterocycles. The highest BCUT2D eigenvalue weighted by Gasteiger charge is 2.38. The Hall–Kier alpha value is -6.38. The third-order valence-electron chi connectivity index (χ3n) is 11.9. The number of benzene rings is 4. The Balaban J connectivity index is 0.000000231. The molecule has 2 aliphatic carbocycles. The molecule has 14 heteroatoms. The summed E-state index contributed by atoms with van der Waals surface area (Å²) in [6.07, 6.45) is 4.31. The van der Waals surface area contributed by atoms with Crippen LogP contribution in [0.2, 0.25) is 0 Å². The number of hydrogen-bond acceptors (Lipinski definition) is 8. The van der Waals surface area contributed by atoms with Gasteiger partial charge in [-0.15, -0.1) is 0 Å². The lowest BCUT2D eigenvalue weighted by atomic mass is 9.63. The molecule has 4 aromatic rings. The topological polar surface area (TPSA) is 215 Å². The number of fused-ring (bicyclic) bond motifs is 2. The highest BCUT2D eigenvalue weighted by Crippen LogP contribution is 2.47. The zero-order chi connectivity index (χ0) is 44.9. The first kappa shape index (κ1) is 45.7. The minimum absolute atomic E-state index is 0.00352. The SMILES string of the molecule is CC1(C)CCC(C)(C)c2cc(NC(=O)C(=O)NCc3ccc(C(=O)NO)cc3)ccc21.CC1(C)CCC(C)(C)c2cc(NC(=O)C(=O)Nc3ccc(C(=O)NO)cc3)ccc21. The summed E-state index contributed by atoms with van der Waals surface area (Å²) in [5.74, 6) is -4.35. The van der Waals surface area contributed by atoms with Crippen LogP contribution in [0.3, 0.4) is 0 Å². The molecule has 0 heterocycles. The van der Waals surface area contributed by atoms with Gasteiger partial charge in [-0.1, -0.05) is 79.7 Å². The van der Waals surface area contributed by atoms with Crippen LogP contribution in [0.1, 0.15) is 130 Å². The molecule has 0 bridgehead atoms. The molecular formula is C47H56N6O8. The summed E-state index contributed by atoms with van der Waals surface area (Å²) < 4.78 is 0. The van der Waals surface area contributed by atoms with E-state index >= 15 is 0 Å². The second kappa shape index (κ2) is 18.1. The van der Waals surface area contributed by atoms with Gasteiger partial charge in [0.25, 0.3) is 11.8 Å². The highest BCUT2D eigenvalue weighted by atomic mass is 16.5. The molecule has 0 aliphatic heterocycles. The number of anilines is 3. The van der Waals surface area contributed by atoms with E-state index in [2.05, 4.69) is 76.7 Å². The number of hydroxylamine groups is 2. The average molecular weight is 833 g/mol. The van der Waals surface area contributed by atoms with Crippen molar-refractivity contribution >= 4 is 52.5 Å². The van der Waals surface area contributed by atoms with Gasteiger partial charge in [0.15, 0.2) is 0 Å². The maximum atomic E-state index is 12.4. The smallest absolute Gasteiger partial charge is 0.314 e. The van der Waals surface area contributed by atoms with Gasteiger partial charge in [-0.3, -0.25) is 39.2 Å². The first-order chi connectivity index (χ1) is 28.6. The summed E-state index contributed by atoms with van der Waals surface area (Å²) in [5.41, 5.74) is 11.0. The minimum atomic E-state index is -0.813. The Morgan fingerprint density at radius 2 is 0.770 bits per heavy atom. The van der Waals surface area contributed by atoms with Crippen molar-refractivity contribution in [2.24, 2.45) is 0 Å². The Morgan fingerprint density at radius 1 is 0.443 bits per heavy atom. The van der Waals surface area contributed by atoms with Crippen LogP contribution in [0.25, 0.3) is 0 Å².